The average Bonchev–Trinajstić information content (AvgIpc) is 2.68. The molecule has 0 aliphatic carbocycles. The molecule has 0 amide bonds. The van der Waals surface area contributed by atoms with Crippen LogP contribution in [0.4, 0.5) is 17.1 Å². The number of sulfone groups is 1. The maximum absolute atomic E-state index is 11.4. The highest BCUT2D eigenvalue weighted by molar-refractivity contribution is 7.91. The first kappa shape index (κ1) is 14.6. The normalized spacial score (nSPS) is 20.6. The van der Waals surface area contributed by atoms with E-state index in [0.717, 1.165) is 0 Å². The fourth-order valence-corrected chi connectivity index (χ4v) is 3.92. The Kier molecular flexibility index (Phi) is 4.12. The second kappa shape index (κ2) is 5.66. The SMILES string of the molecule is CCNc1cc(NC2CCS(=O)(=O)C2)cc([N+](=O)[O-])c1. The van der Waals surface area contributed by atoms with Crippen molar-refractivity contribution in [3.8, 4) is 0 Å². The van der Waals surface area contributed by atoms with Crippen molar-refractivity contribution in [1.29, 1.82) is 0 Å². The lowest BCUT2D eigenvalue weighted by molar-refractivity contribution is -0.384. The Morgan fingerprint density at radius 2 is 2.05 bits per heavy atom. The number of hydrogen-bond donors (Lipinski definition) is 2. The first-order valence-electron chi connectivity index (χ1n) is 6.40. The van der Waals surface area contributed by atoms with Crippen LogP contribution in [0.15, 0.2) is 18.2 Å². The van der Waals surface area contributed by atoms with Crippen LogP contribution in [0.5, 0.6) is 0 Å². The van der Waals surface area contributed by atoms with Crippen molar-refractivity contribution in [2.45, 2.75) is 19.4 Å². The number of non-ortho nitro benzene ring substituents is 1. The second-order valence-electron chi connectivity index (χ2n) is 4.80. The Morgan fingerprint density at radius 3 is 2.60 bits per heavy atom. The summed E-state index contributed by atoms with van der Waals surface area (Å²) in [6.07, 6.45) is 0.529. The van der Waals surface area contributed by atoms with E-state index in [2.05, 4.69) is 10.6 Å². The molecule has 1 unspecified atom stereocenters. The van der Waals surface area contributed by atoms with Gasteiger partial charge in [0.05, 0.1) is 16.4 Å². The summed E-state index contributed by atoms with van der Waals surface area (Å²) in [5.41, 5.74) is 1.19. The molecular weight excluding hydrogens is 282 g/mol. The maximum Gasteiger partial charge on any atom is 0.273 e. The zero-order valence-electron chi connectivity index (χ0n) is 11.1. The molecule has 2 N–H and O–H groups in total. The Bertz CT molecular complexity index is 615. The van der Waals surface area contributed by atoms with E-state index >= 15 is 0 Å². The molecule has 1 fully saturated rings. The fourth-order valence-electron chi connectivity index (χ4n) is 2.25. The minimum absolute atomic E-state index is 0.0215. The van der Waals surface area contributed by atoms with E-state index < -0.39 is 14.8 Å². The van der Waals surface area contributed by atoms with Crippen molar-refractivity contribution >= 4 is 26.9 Å². The number of benzene rings is 1. The lowest BCUT2D eigenvalue weighted by atomic mass is 10.2. The van der Waals surface area contributed by atoms with E-state index in [1.807, 2.05) is 6.92 Å². The van der Waals surface area contributed by atoms with Gasteiger partial charge in [-0.2, -0.15) is 0 Å². The quantitative estimate of drug-likeness (QED) is 0.633. The summed E-state index contributed by atoms with van der Waals surface area (Å²) >= 11 is 0. The van der Waals surface area contributed by atoms with Gasteiger partial charge < -0.3 is 10.6 Å². The van der Waals surface area contributed by atoms with Gasteiger partial charge in [-0.1, -0.05) is 0 Å². The van der Waals surface area contributed by atoms with E-state index in [9.17, 15) is 18.5 Å². The van der Waals surface area contributed by atoms with Crippen LogP contribution in [-0.4, -0.2) is 37.4 Å². The minimum atomic E-state index is -2.97. The highest BCUT2D eigenvalue weighted by Gasteiger charge is 2.28. The number of rotatable bonds is 5. The Labute approximate surface area is 117 Å². The first-order valence-corrected chi connectivity index (χ1v) is 8.22. The van der Waals surface area contributed by atoms with Gasteiger partial charge in [0.2, 0.25) is 0 Å². The molecule has 1 heterocycles. The van der Waals surface area contributed by atoms with E-state index in [4.69, 9.17) is 0 Å². The van der Waals surface area contributed by atoms with Gasteiger partial charge in [0, 0.05) is 36.1 Å². The molecule has 0 saturated carbocycles. The van der Waals surface area contributed by atoms with Crippen molar-refractivity contribution in [3.05, 3.63) is 28.3 Å². The molecule has 20 heavy (non-hydrogen) atoms. The Balaban J connectivity index is 2.20. The molecular formula is C12H17N3O4S. The topological polar surface area (TPSA) is 101 Å². The van der Waals surface area contributed by atoms with Crippen molar-refractivity contribution in [1.82, 2.24) is 0 Å². The van der Waals surface area contributed by atoms with Gasteiger partial charge in [0.15, 0.2) is 9.84 Å². The standard InChI is InChI=1S/C12H17N3O4S/c1-2-13-10-5-11(7-12(6-10)15(16)17)14-9-3-4-20(18,19)8-9/h5-7,9,13-14H,2-4,8H2,1H3. The van der Waals surface area contributed by atoms with Crippen LogP contribution in [0.1, 0.15) is 13.3 Å². The summed E-state index contributed by atoms with van der Waals surface area (Å²) in [6.45, 7) is 2.55. The van der Waals surface area contributed by atoms with Gasteiger partial charge in [0.25, 0.3) is 5.69 Å². The third-order valence-electron chi connectivity index (χ3n) is 3.11. The minimum Gasteiger partial charge on any atom is -0.385 e. The van der Waals surface area contributed by atoms with Crippen LogP contribution >= 0.6 is 0 Å². The van der Waals surface area contributed by atoms with Crippen LogP contribution in [0.2, 0.25) is 0 Å². The molecule has 8 heteroatoms. The monoisotopic (exact) mass is 299 g/mol. The molecule has 0 radical (unpaired) electrons. The Hall–Kier alpha value is -1.83. The van der Waals surface area contributed by atoms with Crippen molar-refractivity contribution < 1.29 is 13.3 Å². The Morgan fingerprint density at radius 1 is 1.35 bits per heavy atom. The summed E-state index contributed by atoms with van der Waals surface area (Å²) in [7, 11) is -2.97. The molecule has 1 atom stereocenters. The van der Waals surface area contributed by atoms with Crippen molar-refractivity contribution in [2.24, 2.45) is 0 Å². The lowest BCUT2D eigenvalue weighted by Gasteiger charge is -2.14. The summed E-state index contributed by atoms with van der Waals surface area (Å²) in [5.74, 6) is 0.242. The van der Waals surface area contributed by atoms with Crippen LogP contribution in [0.3, 0.4) is 0 Å². The number of nitrogens with zero attached hydrogens (tertiary/aromatic N) is 1. The molecule has 0 spiro atoms. The predicted molar refractivity (Wildman–Crippen MR) is 77.9 cm³/mol. The molecule has 1 aliphatic rings. The third-order valence-corrected chi connectivity index (χ3v) is 4.88. The summed E-state index contributed by atoms with van der Waals surface area (Å²) in [6, 6.07) is 4.45. The van der Waals surface area contributed by atoms with Gasteiger partial charge in [-0.3, -0.25) is 10.1 Å². The molecule has 2 rings (SSSR count). The third kappa shape index (κ3) is 3.60. The smallest absolute Gasteiger partial charge is 0.273 e. The van der Waals surface area contributed by atoms with Gasteiger partial charge in [0.1, 0.15) is 0 Å². The number of nitro groups is 1. The molecule has 1 saturated heterocycles. The number of nitro benzene ring substituents is 1. The van der Waals surface area contributed by atoms with E-state index in [1.54, 1.807) is 6.07 Å². The van der Waals surface area contributed by atoms with Gasteiger partial charge in [-0.15, -0.1) is 0 Å². The molecule has 1 aromatic carbocycles. The van der Waals surface area contributed by atoms with Crippen molar-refractivity contribution in [3.63, 3.8) is 0 Å². The molecule has 0 bridgehead atoms. The second-order valence-corrected chi connectivity index (χ2v) is 7.03. The van der Waals surface area contributed by atoms with E-state index in [0.29, 0.717) is 24.3 Å². The van der Waals surface area contributed by atoms with Gasteiger partial charge >= 0.3 is 0 Å². The predicted octanol–water partition coefficient (Wildman–Crippen LogP) is 1.63. The van der Waals surface area contributed by atoms with Gasteiger partial charge in [-0.05, 0) is 19.4 Å². The first-order chi connectivity index (χ1) is 9.39. The molecule has 1 aromatic rings. The molecule has 7 nitrogen and oxygen atoms in total. The number of anilines is 2. The number of hydrogen-bond acceptors (Lipinski definition) is 6. The zero-order chi connectivity index (χ0) is 14.8. The van der Waals surface area contributed by atoms with E-state index in [-0.39, 0.29) is 23.2 Å². The largest absolute Gasteiger partial charge is 0.385 e. The highest BCUT2D eigenvalue weighted by atomic mass is 32.2. The van der Waals surface area contributed by atoms with Crippen LogP contribution < -0.4 is 10.6 Å². The van der Waals surface area contributed by atoms with Crippen molar-refractivity contribution in [2.75, 3.05) is 28.7 Å². The average molecular weight is 299 g/mol. The zero-order valence-corrected chi connectivity index (χ0v) is 11.9. The molecule has 110 valence electrons. The highest BCUT2D eigenvalue weighted by Crippen LogP contribution is 2.26. The molecule has 1 aliphatic heterocycles. The van der Waals surface area contributed by atoms with Crippen LogP contribution in [0.25, 0.3) is 0 Å². The molecule has 0 aromatic heterocycles. The van der Waals surface area contributed by atoms with E-state index in [1.165, 1.54) is 12.1 Å². The summed E-state index contributed by atoms with van der Waals surface area (Å²) < 4.78 is 22.8. The van der Waals surface area contributed by atoms with Crippen LogP contribution in [-0.2, 0) is 9.84 Å². The number of nitrogens with one attached hydrogen (secondary N) is 2. The maximum atomic E-state index is 11.4. The summed E-state index contributed by atoms with van der Waals surface area (Å²) in [4.78, 5) is 10.4. The van der Waals surface area contributed by atoms with Crippen LogP contribution in [0, 0.1) is 10.1 Å². The summed E-state index contributed by atoms with van der Waals surface area (Å²) in [5, 5.41) is 17.0. The lowest BCUT2D eigenvalue weighted by Crippen LogP contribution is -2.20. The fraction of sp³-hybridized carbons (Fsp3) is 0.500. The van der Waals surface area contributed by atoms with Gasteiger partial charge in [-0.25, -0.2) is 8.42 Å².